The maximum atomic E-state index is 12.3. The molecule has 6 nitrogen and oxygen atoms in total. The second-order valence-electron chi connectivity index (χ2n) is 8.43. The van der Waals surface area contributed by atoms with Gasteiger partial charge in [0.05, 0.1) is 22.7 Å². The lowest BCUT2D eigenvalue weighted by Gasteiger charge is -2.37. The van der Waals surface area contributed by atoms with Gasteiger partial charge in [-0.1, -0.05) is 13.8 Å². The normalized spacial score (nSPS) is 24.4. The first-order chi connectivity index (χ1) is 13.2. The Balaban J connectivity index is 1.85. The fraction of sp³-hybridized carbons (Fsp3) is 0.455. The molecule has 0 bridgehead atoms. The van der Waals surface area contributed by atoms with Crippen LogP contribution in [-0.2, 0) is 0 Å². The first kappa shape index (κ1) is 20.0. The quantitative estimate of drug-likeness (QED) is 0.798. The molecule has 2 N–H and O–H groups in total. The number of hydrogen-bond acceptors (Lipinski definition) is 4. The average molecular weight is 380 g/mol. The van der Waals surface area contributed by atoms with E-state index in [1.54, 1.807) is 51.1 Å². The summed E-state index contributed by atoms with van der Waals surface area (Å²) in [5, 5.41) is 0. The van der Waals surface area contributed by atoms with Crippen molar-refractivity contribution < 1.29 is 0 Å². The number of aromatic nitrogens is 2. The highest BCUT2D eigenvalue weighted by molar-refractivity contribution is 5.80. The van der Waals surface area contributed by atoms with E-state index in [4.69, 9.17) is 9.98 Å². The molecular weight excluding hydrogens is 352 g/mol. The van der Waals surface area contributed by atoms with E-state index in [1.165, 1.54) is 0 Å². The van der Waals surface area contributed by atoms with Gasteiger partial charge in [-0.15, -0.1) is 0 Å². The van der Waals surface area contributed by atoms with Crippen molar-refractivity contribution in [3.63, 3.8) is 0 Å². The zero-order chi connectivity index (χ0) is 20.5. The number of aryl methyl sites for hydroxylation is 2. The summed E-state index contributed by atoms with van der Waals surface area (Å²) in [5.41, 5.74) is 1.91. The third kappa shape index (κ3) is 3.51. The molecule has 0 saturated heterocycles. The molecule has 3 rings (SSSR count). The van der Waals surface area contributed by atoms with E-state index >= 15 is 0 Å². The number of aliphatic imine (C=N–C) groups is 2. The van der Waals surface area contributed by atoms with Crippen molar-refractivity contribution >= 4 is 12.4 Å². The van der Waals surface area contributed by atoms with Crippen LogP contribution in [0.1, 0.15) is 55.9 Å². The Labute approximate surface area is 164 Å². The van der Waals surface area contributed by atoms with Gasteiger partial charge in [-0.05, 0) is 33.6 Å². The highest BCUT2D eigenvalue weighted by Crippen LogP contribution is 2.49. The Morgan fingerprint density at radius 2 is 1.46 bits per heavy atom. The van der Waals surface area contributed by atoms with Crippen LogP contribution in [0.2, 0.25) is 0 Å². The van der Waals surface area contributed by atoms with Gasteiger partial charge in [0.2, 0.25) is 0 Å². The van der Waals surface area contributed by atoms with Gasteiger partial charge in [0.15, 0.2) is 10.9 Å². The van der Waals surface area contributed by atoms with E-state index in [0.29, 0.717) is 22.3 Å². The lowest BCUT2D eigenvalue weighted by atomic mass is 9.74. The fourth-order valence-corrected chi connectivity index (χ4v) is 3.76. The van der Waals surface area contributed by atoms with Gasteiger partial charge < -0.3 is 9.97 Å². The number of nitrogens with one attached hydrogen (secondary N) is 2. The maximum absolute atomic E-state index is 12.3. The molecule has 1 fully saturated rings. The maximum Gasteiger partial charge on any atom is 0.193 e. The van der Waals surface area contributed by atoms with E-state index in [-0.39, 0.29) is 27.9 Å². The van der Waals surface area contributed by atoms with Crippen LogP contribution in [0, 0.1) is 19.3 Å². The monoisotopic (exact) mass is 380 g/mol. The zero-order valence-corrected chi connectivity index (χ0v) is 17.2. The van der Waals surface area contributed by atoms with E-state index in [0.717, 1.165) is 12.8 Å². The minimum atomic E-state index is -0.343. The van der Waals surface area contributed by atoms with Crippen LogP contribution in [0.15, 0.2) is 44.4 Å². The molecule has 1 aliphatic carbocycles. The van der Waals surface area contributed by atoms with E-state index < -0.39 is 0 Å². The molecule has 1 saturated carbocycles. The molecule has 2 aromatic rings. The van der Waals surface area contributed by atoms with Crippen LogP contribution in [0.4, 0.5) is 0 Å². The number of H-pyrrole nitrogens is 2. The highest BCUT2D eigenvalue weighted by Gasteiger charge is 2.51. The Morgan fingerprint density at radius 3 is 2.04 bits per heavy atom. The van der Waals surface area contributed by atoms with Crippen molar-refractivity contribution in [1.29, 1.82) is 0 Å². The van der Waals surface area contributed by atoms with Crippen LogP contribution in [-0.4, -0.2) is 34.0 Å². The molecule has 6 heteroatoms. The van der Waals surface area contributed by atoms with Crippen molar-refractivity contribution in [1.82, 2.24) is 9.97 Å². The fourth-order valence-electron chi connectivity index (χ4n) is 3.76. The van der Waals surface area contributed by atoms with Crippen molar-refractivity contribution in [2.24, 2.45) is 15.4 Å². The number of aromatic amines is 2. The summed E-state index contributed by atoms with van der Waals surface area (Å²) in [7, 11) is 0. The average Bonchev–Trinajstić information content (AvgIpc) is 2.87. The van der Waals surface area contributed by atoms with Crippen molar-refractivity contribution in [2.45, 2.75) is 59.0 Å². The summed E-state index contributed by atoms with van der Waals surface area (Å²) < 4.78 is 0. The third-order valence-electron chi connectivity index (χ3n) is 6.33. The van der Waals surface area contributed by atoms with Crippen LogP contribution in [0.25, 0.3) is 0 Å². The molecule has 0 aromatic carbocycles. The molecule has 1 aliphatic rings. The van der Waals surface area contributed by atoms with Gasteiger partial charge in [-0.3, -0.25) is 19.6 Å². The molecule has 2 heterocycles. The largest absolute Gasteiger partial charge is 0.367 e. The summed E-state index contributed by atoms with van der Waals surface area (Å²) in [5.74, 6) is 0. The van der Waals surface area contributed by atoms with Gasteiger partial charge >= 0.3 is 0 Å². The van der Waals surface area contributed by atoms with Crippen LogP contribution in [0.5, 0.6) is 0 Å². The Kier molecular flexibility index (Phi) is 5.24. The summed E-state index contributed by atoms with van der Waals surface area (Å²) in [6.45, 7) is 9.99. The van der Waals surface area contributed by atoms with Gasteiger partial charge in [-0.25, -0.2) is 0 Å². The van der Waals surface area contributed by atoms with Gasteiger partial charge in [-0.2, -0.15) is 0 Å². The lowest BCUT2D eigenvalue weighted by Crippen LogP contribution is -2.40. The van der Waals surface area contributed by atoms with Crippen LogP contribution >= 0.6 is 0 Å². The highest BCUT2D eigenvalue weighted by atomic mass is 16.1. The van der Waals surface area contributed by atoms with E-state index in [9.17, 15) is 9.59 Å². The third-order valence-corrected chi connectivity index (χ3v) is 6.33. The van der Waals surface area contributed by atoms with Gasteiger partial charge in [0.1, 0.15) is 0 Å². The molecule has 2 aromatic heterocycles. The van der Waals surface area contributed by atoms with Gasteiger partial charge in [0, 0.05) is 53.8 Å². The zero-order valence-electron chi connectivity index (χ0n) is 17.2. The summed E-state index contributed by atoms with van der Waals surface area (Å²) in [6, 6.07) is 0.0466. The molecular formula is C22H28N4O2. The van der Waals surface area contributed by atoms with Crippen molar-refractivity contribution in [3.05, 3.63) is 67.5 Å². The second kappa shape index (κ2) is 7.34. The number of rotatable bonds is 4. The van der Waals surface area contributed by atoms with Crippen LogP contribution in [0.3, 0.4) is 0 Å². The molecule has 0 amide bonds. The lowest BCUT2D eigenvalue weighted by molar-refractivity contribution is 0.211. The van der Waals surface area contributed by atoms with Gasteiger partial charge in [0.25, 0.3) is 0 Å². The predicted molar refractivity (Wildman–Crippen MR) is 114 cm³/mol. The molecule has 0 radical (unpaired) electrons. The summed E-state index contributed by atoms with van der Waals surface area (Å²) >= 11 is 0. The van der Waals surface area contributed by atoms with Crippen molar-refractivity contribution in [3.8, 4) is 0 Å². The topological polar surface area (TPSA) is 90.4 Å². The minimum absolute atomic E-state index is 0.00208. The Morgan fingerprint density at radius 1 is 0.929 bits per heavy atom. The Bertz CT molecular complexity index is 1040. The minimum Gasteiger partial charge on any atom is -0.367 e. The molecule has 2 atom stereocenters. The molecule has 0 spiro atoms. The van der Waals surface area contributed by atoms with E-state index in [1.807, 2.05) is 0 Å². The number of pyridine rings is 2. The first-order valence-corrected chi connectivity index (χ1v) is 9.59. The number of nitrogens with zero attached hydrogens (tertiary/aromatic N) is 2. The predicted octanol–water partition coefficient (Wildman–Crippen LogP) is 3.17. The Hall–Kier alpha value is -2.76. The molecule has 28 heavy (non-hydrogen) atoms. The first-order valence-electron chi connectivity index (χ1n) is 9.59. The number of hydrogen-bond donors (Lipinski definition) is 2. The molecule has 0 unspecified atom stereocenters. The van der Waals surface area contributed by atoms with Crippen LogP contribution < -0.4 is 10.9 Å². The smallest absolute Gasteiger partial charge is 0.193 e. The van der Waals surface area contributed by atoms with Crippen molar-refractivity contribution in [2.75, 3.05) is 0 Å². The summed E-state index contributed by atoms with van der Waals surface area (Å²) in [6.07, 6.45) is 11.9. The van der Waals surface area contributed by atoms with E-state index in [2.05, 4.69) is 30.7 Å². The second-order valence-corrected chi connectivity index (χ2v) is 8.43. The molecule has 0 aliphatic heterocycles. The SMILES string of the molecule is Cc1c[nH]cc(C=N[C@H]2CC[C@@](C)(N=Cc3c[nH]cc(C)c3=O)C2(C)C)c1=O. The summed E-state index contributed by atoms with van der Waals surface area (Å²) in [4.78, 5) is 40.0. The standard InChI is InChI=1S/C22H28N4O2/c1-14-8-23-10-16(19(14)27)12-25-18-6-7-22(5,21(18,3)4)26-13-17-11-24-9-15(2)20(17)28/h8-13,18H,6-7H2,1-5H3,(H,23,27)(H,24,28)/t18-,22+/m0/s1. The molecule has 148 valence electrons.